The number of ether oxygens (including phenoxy) is 1. The van der Waals surface area contributed by atoms with Gasteiger partial charge in [0.2, 0.25) is 17.7 Å². The highest BCUT2D eigenvalue weighted by Gasteiger charge is 2.58. The van der Waals surface area contributed by atoms with Gasteiger partial charge in [0.05, 0.1) is 6.04 Å². The second-order valence-corrected chi connectivity index (χ2v) is 15.5. The van der Waals surface area contributed by atoms with Gasteiger partial charge in [0, 0.05) is 72.1 Å². The highest BCUT2D eigenvalue weighted by atomic mass is 35.5. The number of carbonyl (C=O) groups is 7. The van der Waals surface area contributed by atoms with E-state index in [1.54, 1.807) is 65.6 Å². The number of fused-ring (bicyclic) bond motifs is 12. The van der Waals surface area contributed by atoms with Crippen LogP contribution in [-0.2, 0) is 24.0 Å². The van der Waals surface area contributed by atoms with Gasteiger partial charge in [0.25, 0.3) is 11.8 Å². The lowest BCUT2D eigenvalue weighted by atomic mass is 9.79. The van der Waals surface area contributed by atoms with Crippen molar-refractivity contribution in [3.05, 3.63) is 101 Å². The van der Waals surface area contributed by atoms with Crippen molar-refractivity contribution in [2.75, 3.05) is 50.5 Å². The molecule has 0 spiro atoms. The first-order valence-electron chi connectivity index (χ1n) is 18.9. The number of nitrogens with zero attached hydrogens (tertiary/aromatic N) is 4. The zero-order chi connectivity index (χ0) is 42.2. The zero-order valence-corrected chi connectivity index (χ0v) is 32.6. The Morgan fingerprint density at radius 2 is 1.61 bits per heavy atom. The van der Waals surface area contributed by atoms with E-state index in [1.165, 1.54) is 30.1 Å². The molecule has 4 aromatic carbocycles. The maximum atomic E-state index is 14.4. The number of carboxylic acid groups (broad SMARTS) is 2. The van der Waals surface area contributed by atoms with Crippen LogP contribution >= 0.6 is 11.6 Å². The molecule has 59 heavy (non-hydrogen) atoms. The molecular weight excluding hydrogens is 784 g/mol. The number of likely N-dealkylation sites (N-methyl/N-ethyl adjacent to an activating group) is 1. The van der Waals surface area contributed by atoms with Crippen LogP contribution in [0.1, 0.15) is 40.0 Å². The quantitative estimate of drug-likeness (QED) is 0.164. The van der Waals surface area contributed by atoms with Gasteiger partial charge in [0.15, 0.2) is 5.41 Å². The number of hydrogen-bond acceptors (Lipinski definition) is 9. The van der Waals surface area contributed by atoms with Crippen molar-refractivity contribution in [2.45, 2.75) is 37.4 Å². The molecule has 8 rings (SSSR count). The summed E-state index contributed by atoms with van der Waals surface area (Å²) >= 11 is 6.13. The fraction of sp³-hybridized carbons (Fsp3) is 0.310. The molecule has 2 fully saturated rings. The number of rotatable bonds is 6. The van der Waals surface area contributed by atoms with Gasteiger partial charge < -0.3 is 45.6 Å². The van der Waals surface area contributed by atoms with Gasteiger partial charge in [-0.25, -0.2) is 0 Å². The molecule has 2 saturated heterocycles. The molecule has 0 radical (unpaired) electrons. The Kier molecular flexibility index (Phi) is 11.2. The van der Waals surface area contributed by atoms with Gasteiger partial charge in [-0.3, -0.25) is 33.6 Å². The molecule has 5 amide bonds. The third-order valence-corrected chi connectivity index (χ3v) is 11.5. The number of hydrogen-bond donors (Lipinski definition) is 4. The molecule has 4 aromatic rings. The molecule has 0 aromatic heterocycles. The summed E-state index contributed by atoms with van der Waals surface area (Å²) in [6.07, 6.45) is -0.273. The van der Waals surface area contributed by atoms with E-state index in [9.17, 15) is 43.8 Å². The molecule has 0 aliphatic carbocycles. The van der Waals surface area contributed by atoms with Gasteiger partial charge in [-0.15, -0.1) is 0 Å². The van der Waals surface area contributed by atoms with Gasteiger partial charge in [-0.05, 0) is 78.9 Å². The normalized spacial score (nSPS) is 21.1. The average molecular weight is 825 g/mol. The number of halogens is 1. The topological polar surface area (TPSA) is 220 Å². The number of carbonyl (C=O) groups excluding carboxylic acids is 5. The van der Waals surface area contributed by atoms with Crippen LogP contribution in [0.3, 0.4) is 0 Å². The van der Waals surface area contributed by atoms with E-state index in [2.05, 4.69) is 5.32 Å². The van der Waals surface area contributed by atoms with E-state index in [0.717, 1.165) is 15.2 Å². The number of benzene rings is 4. The molecule has 5 N–H and O–H groups in total. The maximum Gasteiger partial charge on any atom is 0.324 e. The predicted octanol–water partition coefficient (Wildman–Crippen LogP) is 3.12. The van der Waals surface area contributed by atoms with Gasteiger partial charge in [0.1, 0.15) is 24.9 Å². The van der Waals surface area contributed by atoms with Crippen LogP contribution in [0.25, 0.3) is 10.8 Å². The molecule has 0 saturated carbocycles. The Morgan fingerprint density at radius 3 is 2.31 bits per heavy atom. The summed E-state index contributed by atoms with van der Waals surface area (Å²) in [5.74, 6) is -5.54. The number of likely N-dealkylation sites (tertiary alicyclic amines) is 1. The standard InChI is InChI=1S/C42H41ClN6O10/c1-46-34(39(54)47-22-42(23-47,40(55)56)41(57)58)14-15-35(50)49(29-10-13-32-25(17-29)4-3-7-33(32)44)20-36(51)48-19-28(45-37(52)26-5-2-6-27(43)16-26)18-30(48)21-59-31-11-8-24(9-12-31)38(46)53/h2-13,16-17,28,30,34H,14-15,18-23,44H2,1H3,(H,45,52)(H,55,56)(H,57,58)/t28-,30+,34+/m1/s1. The van der Waals surface area contributed by atoms with Gasteiger partial charge in [-0.2, -0.15) is 0 Å². The molecule has 17 heteroatoms. The van der Waals surface area contributed by atoms with E-state index in [0.29, 0.717) is 39.5 Å². The van der Waals surface area contributed by atoms with E-state index in [4.69, 9.17) is 22.1 Å². The second-order valence-electron chi connectivity index (χ2n) is 15.0. The number of carboxylic acids is 2. The fourth-order valence-electron chi connectivity index (χ4n) is 7.84. The number of anilines is 2. The molecule has 306 valence electrons. The first kappa shape index (κ1) is 40.5. The molecule has 4 aliphatic heterocycles. The fourth-order valence-corrected chi connectivity index (χ4v) is 8.03. The van der Waals surface area contributed by atoms with Crippen LogP contribution in [0.4, 0.5) is 11.4 Å². The lowest BCUT2D eigenvalue weighted by Gasteiger charge is -2.46. The second kappa shape index (κ2) is 16.3. The minimum atomic E-state index is -2.21. The molecule has 3 atom stereocenters. The van der Waals surface area contributed by atoms with E-state index in [-0.39, 0.29) is 37.5 Å². The molecule has 4 heterocycles. The molecule has 4 aliphatic rings. The Labute approximate surface area is 343 Å². The zero-order valence-electron chi connectivity index (χ0n) is 31.9. The summed E-state index contributed by atoms with van der Waals surface area (Å²) < 4.78 is 6.13. The smallest absolute Gasteiger partial charge is 0.324 e. The van der Waals surface area contributed by atoms with Crippen molar-refractivity contribution in [1.82, 2.24) is 20.0 Å². The van der Waals surface area contributed by atoms with Crippen molar-refractivity contribution in [2.24, 2.45) is 5.41 Å². The van der Waals surface area contributed by atoms with E-state index in [1.807, 2.05) is 6.07 Å². The molecule has 16 nitrogen and oxygen atoms in total. The number of aliphatic carboxylic acids is 2. The van der Waals surface area contributed by atoms with Crippen molar-refractivity contribution in [3.63, 3.8) is 0 Å². The predicted molar refractivity (Wildman–Crippen MR) is 215 cm³/mol. The summed E-state index contributed by atoms with van der Waals surface area (Å²) in [6, 6.07) is 20.7. The highest BCUT2D eigenvalue weighted by molar-refractivity contribution is 6.31. The van der Waals surface area contributed by atoms with Crippen molar-refractivity contribution >= 4 is 75.2 Å². The third kappa shape index (κ3) is 8.08. The van der Waals surface area contributed by atoms with Gasteiger partial charge in [-0.1, -0.05) is 35.9 Å². The minimum Gasteiger partial charge on any atom is -0.491 e. The Balaban J connectivity index is 1.22. The highest BCUT2D eigenvalue weighted by Crippen LogP contribution is 2.34. The Morgan fingerprint density at radius 1 is 0.898 bits per heavy atom. The summed E-state index contributed by atoms with van der Waals surface area (Å²) in [5, 5.41) is 24.1. The summed E-state index contributed by atoms with van der Waals surface area (Å²) in [4.78, 5) is 98.9. The van der Waals surface area contributed by atoms with E-state index < -0.39 is 78.7 Å². The van der Waals surface area contributed by atoms with Crippen LogP contribution in [0.15, 0.2) is 84.9 Å². The minimum absolute atomic E-state index is 0.0201. The number of nitrogens with two attached hydrogens (primary N) is 1. The SMILES string of the molecule is CN1C(=O)c2ccc(cc2)OC[C@@H]2C[C@@H](NC(=O)c3cccc(Cl)c3)CN2C(=O)CN(c2ccc3c(N)cccc3c2)C(=O)CC[C@H]1C(=O)N1CC(C(=O)O)(C(=O)O)C1. The van der Waals surface area contributed by atoms with Crippen molar-refractivity contribution in [3.8, 4) is 5.75 Å². The first-order chi connectivity index (χ1) is 28.1. The number of nitrogen functional groups attached to an aromatic ring is 1. The largest absolute Gasteiger partial charge is 0.491 e. The van der Waals surface area contributed by atoms with Crippen LogP contribution in [0, 0.1) is 5.41 Å². The summed E-state index contributed by atoms with van der Waals surface area (Å²) in [6.45, 7) is -1.58. The van der Waals surface area contributed by atoms with Crippen molar-refractivity contribution < 1.29 is 48.5 Å². The van der Waals surface area contributed by atoms with Crippen LogP contribution < -0.4 is 20.7 Å². The Hall–Kier alpha value is -6.68. The average Bonchev–Trinajstić information content (AvgIpc) is 3.60. The maximum absolute atomic E-state index is 14.4. The number of amides is 5. The molecular formula is C42H41ClN6O10. The summed E-state index contributed by atoms with van der Waals surface area (Å²) in [5.41, 5.74) is 5.40. The third-order valence-electron chi connectivity index (χ3n) is 11.3. The van der Waals surface area contributed by atoms with E-state index >= 15 is 0 Å². The monoisotopic (exact) mass is 824 g/mol. The van der Waals surface area contributed by atoms with Crippen molar-refractivity contribution in [1.29, 1.82) is 0 Å². The van der Waals surface area contributed by atoms with Crippen LogP contribution in [0.5, 0.6) is 5.75 Å². The first-order valence-corrected chi connectivity index (χ1v) is 19.2. The molecule has 0 unspecified atom stereocenters. The lowest BCUT2D eigenvalue weighted by Crippen LogP contribution is -2.68. The summed E-state index contributed by atoms with van der Waals surface area (Å²) in [7, 11) is 1.38. The Bertz CT molecular complexity index is 2350. The number of nitrogens with one attached hydrogen (secondary N) is 1. The molecule has 2 bridgehead atoms. The lowest BCUT2D eigenvalue weighted by molar-refractivity contribution is -0.181. The van der Waals surface area contributed by atoms with Crippen LogP contribution in [0.2, 0.25) is 5.02 Å². The van der Waals surface area contributed by atoms with Gasteiger partial charge >= 0.3 is 11.9 Å². The van der Waals surface area contributed by atoms with Crippen LogP contribution in [-0.4, -0.2) is 124 Å².